The molecule has 2 aromatic carbocycles. The molecule has 0 fully saturated rings. The molecular weight excluding hydrogens is 409 g/mol. The van der Waals surface area contributed by atoms with Crippen LogP contribution in [-0.4, -0.2) is 28.5 Å². The van der Waals surface area contributed by atoms with Gasteiger partial charge in [0.25, 0.3) is 12.3 Å². The summed E-state index contributed by atoms with van der Waals surface area (Å²) in [6, 6.07) is 13.8. The average molecular weight is 426 g/mol. The number of benzene rings is 2. The first-order valence-electron chi connectivity index (χ1n) is 9.02. The van der Waals surface area contributed by atoms with E-state index in [-0.39, 0.29) is 6.61 Å². The molecule has 0 saturated heterocycles. The molecular formula is C22H17F3N4O2. The molecule has 9 heteroatoms. The van der Waals surface area contributed by atoms with Crippen molar-refractivity contribution in [3.05, 3.63) is 71.3 Å². The molecule has 0 atom stereocenters. The summed E-state index contributed by atoms with van der Waals surface area (Å²) < 4.78 is 41.2. The first kappa shape index (κ1) is 21.6. The van der Waals surface area contributed by atoms with Crippen LogP contribution in [0, 0.1) is 18.3 Å². The summed E-state index contributed by atoms with van der Waals surface area (Å²) in [7, 11) is 1.15. The Balaban J connectivity index is 1.86. The van der Waals surface area contributed by atoms with Crippen LogP contribution in [0.5, 0.6) is 0 Å². The van der Waals surface area contributed by atoms with Gasteiger partial charge in [-0.3, -0.25) is 4.79 Å². The lowest BCUT2D eigenvalue weighted by Gasteiger charge is -2.12. The highest BCUT2D eigenvalue weighted by Crippen LogP contribution is 2.30. The van der Waals surface area contributed by atoms with E-state index in [4.69, 9.17) is 11.3 Å². The maximum atomic E-state index is 14.2. The van der Waals surface area contributed by atoms with Gasteiger partial charge < -0.3 is 10.2 Å². The van der Waals surface area contributed by atoms with E-state index >= 15 is 0 Å². The second-order valence-electron chi connectivity index (χ2n) is 6.31. The molecule has 1 aromatic heterocycles. The minimum absolute atomic E-state index is 0.0620. The lowest BCUT2D eigenvalue weighted by Crippen LogP contribution is -2.16. The van der Waals surface area contributed by atoms with E-state index < -0.39 is 29.5 Å². The number of terminal acetylenes is 1. The van der Waals surface area contributed by atoms with Crippen molar-refractivity contribution < 1.29 is 22.8 Å². The van der Waals surface area contributed by atoms with Gasteiger partial charge in [-0.15, -0.1) is 6.42 Å². The van der Waals surface area contributed by atoms with Gasteiger partial charge >= 0.3 is 0 Å². The number of nitrogens with one attached hydrogen (secondary N) is 1. The summed E-state index contributed by atoms with van der Waals surface area (Å²) >= 11 is 0. The zero-order valence-electron chi connectivity index (χ0n) is 16.3. The summed E-state index contributed by atoms with van der Waals surface area (Å²) in [5, 5.41) is 9.63. The molecule has 0 aliphatic carbocycles. The minimum Gasteiger partial charge on any atom is -0.383 e. The number of alkyl halides is 2. The average Bonchev–Trinajstić information content (AvgIpc) is 3.07. The van der Waals surface area contributed by atoms with Gasteiger partial charge in [0.1, 0.15) is 11.3 Å². The molecule has 6 nitrogen and oxygen atoms in total. The van der Waals surface area contributed by atoms with E-state index in [1.165, 1.54) is 6.21 Å². The number of halogens is 3. The first-order valence-corrected chi connectivity index (χ1v) is 9.02. The van der Waals surface area contributed by atoms with Gasteiger partial charge in [-0.1, -0.05) is 53.5 Å². The third kappa shape index (κ3) is 4.93. The minimum atomic E-state index is -3.09. The molecule has 0 unspecified atom stereocenters. The molecule has 3 aromatic rings. The fraction of sp³-hybridized carbons (Fsp3) is 0.136. The number of rotatable bonds is 7. The number of para-hydroxylation sites is 1. The van der Waals surface area contributed by atoms with Crippen molar-refractivity contribution in [1.82, 2.24) is 9.78 Å². The van der Waals surface area contributed by atoms with Gasteiger partial charge in [0, 0.05) is 18.3 Å². The molecule has 1 amide bonds. The Hall–Kier alpha value is -4.06. The zero-order valence-corrected chi connectivity index (χ0v) is 16.3. The fourth-order valence-electron chi connectivity index (χ4n) is 2.84. The molecule has 1 N–H and O–H groups in total. The van der Waals surface area contributed by atoms with Crippen molar-refractivity contribution in [2.75, 3.05) is 11.9 Å². The number of aromatic nitrogens is 2. The van der Waals surface area contributed by atoms with E-state index in [0.29, 0.717) is 15.9 Å². The van der Waals surface area contributed by atoms with Gasteiger partial charge in [-0.2, -0.15) is 9.49 Å². The van der Waals surface area contributed by atoms with E-state index in [1.807, 2.05) is 0 Å². The molecule has 31 heavy (non-hydrogen) atoms. The lowest BCUT2D eigenvalue weighted by molar-refractivity contribution is 0.100. The van der Waals surface area contributed by atoms with Gasteiger partial charge in [-0.25, -0.2) is 13.5 Å². The van der Waals surface area contributed by atoms with Gasteiger partial charge in [0.05, 0.1) is 6.21 Å². The van der Waals surface area contributed by atoms with Crippen LogP contribution in [0.4, 0.5) is 18.9 Å². The summed E-state index contributed by atoms with van der Waals surface area (Å²) in [6.45, 7) is 0.0620. The van der Waals surface area contributed by atoms with Crippen LogP contribution in [0.15, 0.2) is 53.7 Å². The topological polar surface area (TPSA) is 68.5 Å². The van der Waals surface area contributed by atoms with Crippen molar-refractivity contribution in [2.45, 2.75) is 6.43 Å². The number of amides is 1. The number of anilines is 1. The van der Waals surface area contributed by atoms with E-state index in [0.717, 1.165) is 18.2 Å². The van der Waals surface area contributed by atoms with Crippen LogP contribution in [0.2, 0.25) is 0 Å². The number of hydrogen-bond acceptors (Lipinski definition) is 4. The number of carbonyl (C=O) groups excluding carboxylic acids is 1. The zero-order chi connectivity index (χ0) is 22.4. The summed E-state index contributed by atoms with van der Waals surface area (Å²) in [4.78, 5) is 17.4. The Bertz CT molecular complexity index is 1150. The van der Waals surface area contributed by atoms with E-state index in [9.17, 15) is 18.0 Å². The maximum Gasteiger partial charge on any atom is 0.283 e. The molecule has 0 saturated carbocycles. The van der Waals surface area contributed by atoms with Gasteiger partial charge in [-0.05, 0) is 17.2 Å². The van der Waals surface area contributed by atoms with Crippen molar-refractivity contribution >= 4 is 17.8 Å². The number of aryl methyl sites for hydroxylation is 1. The number of nitrogens with zero attached hydrogens (tertiary/aromatic N) is 3. The highest BCUT2D eigenvalue weighted by Gasteiger charge is 2.28. The van der Waals surface area contributed by atoms with Crippen molar-refractivity contribution in [3.63, 3.8) is 0 Å². The second kappa shape index (κ2) is 9.63. The Morgan fingerprint density at radius 1 is 1.29 bits per heavy atom. The summed E-state index contributed by atoms with van der Waals surface area (Å²) in [6.07, 6.45) is 3.47. The largest absolute Gasteiger partial charge is 0.383 e. The highest BCUT2D eigenvalue weighted by atomic mass is 19.3. The SMILES string of the molecule is C#CCON=Cc1ccc(-c2ccccc2NC(=O)c2c(C(F)F)nn(C)c2F)cc1. The number of carbonyl (C=O) groups is 1. The third-order valence-corrected chi connectivity index (χ3v) is 4.26. The third-order valence-electron chi connectivity index (χ3n) is 4.26. The molecule has 158 valence electrons. The molecule has 0 aliphatic heterocycles. The van der Waals surface area contributed by atoms with Crippen molar-refractivity contribution in [1.29, 1.82) is 0 Å². The van der Waals surface area contributed by atoms with Crippen LogP contribution in [0.25, 0.3) is 11.1 Å². The molecule has 3 rings (SSSR count). The number of hydrogen-bond donors (Lipinski definition) is 1. The number of oxime groups is 1. The molecule has 0 bridgehead atoms. The monoisotopic (exact) mass is 426 g/mol. The van der Waals surface area contributed by atoms with Crippen molar-refractivity contribution in [3.8, 4) is 23.5 Å². The summed E-state index contributed by atoms with van der Waals surface area (Å²) in [5.74, 6) is 0.142. The normalized spacial score (nSPS) is 11.0. The Morgan fingerprint density at radius 2 is 2.00 bits per heavy atom. The van der Waals surface area contributed by atoms with Gasteiger partial charge in [0.15, 0.2) is 6.61 Å². The van der Waals surface area contributed by atoms with E-state index in [1.54, 1.807) is 48.5 Å². The molecule has 0 radical (unpaired) electrons. The Kier molecular flexibility index (Phi) is 6.72. The lowest BCUT2D eigenvalue weighted by atomic mass is 10.0. The van der Waals surface area contributed by atoms with E-state index in [2.05, 4.69) is 21.5 Å². The highest BCUT2D eigenvalue weighted by molar-refractivity contribution is 6.07. The quantitative estimate of drug-likeness (QED) is 0.264. The molecule has 1 heterocycles. The Morgan fingerprint density at radius 3 is 2.68 bits per heavy atom. The van der Waals surface area contributed by atoms with Crippen molar-refractivity contribution in [2.24, 2.45) is 12.2 Å². The predicted molar refractivity (Wildman–Crippen MR) is 110 cm³/mol. The van der Waals surface area contributed by atoms with Crippen LogP contribution in [0.3, 0.4) is 0 Å². The fourth-order valence-corrected chi connectivity index (χ4v) is 2.84. The second-order valence-corrected chi connectivity index (χ2v) is 6.31. The van der Waals surface area contributed by atoms with Crippen LogP contribution in [-0.2, 0) is 11.9 Å². The maximum absolute atomic E-state index is 14.2. The standard InChI is InChI=1S/C22H17F3N4O2/c1-3-12-31-26-13-14-8-10-15(11-9-14)16-6-4-5-7-17(16)27-22(30)18-19(20(23)24)28-29(2)21(18)25/h1,4-11,13,20H,12H2,2H3,(H,27,30). The van der Waals surface area contributed by atoms with Gasteiger partial charge in [0.2, 0.25) is 5.95 Å². The van der Waals surface area contributed by atoms with Crippen LogP contribution in [0.1, 0.15) is 28.0 Å². The summed E-state index contributed by atoms with van der Waals surface area (Å²) in [5.41, 5.74) is 0.733. The molecule has 0 aliphatic rings. The smallest absolute Gasteiger partial charge is 0.283 e. The Labute approximate surface area is 176 Å². The van der Waals surface area contributed by atoms with Crippen LogP contribution < -0.4 is 5.32 Å². The first-order chi connectivity index (χ1) is 14.9. The van der Waals surface area contributed by atoms with Crippen LogP contribution >= 0.6 is 0 Å². The predicted octanol–water partition coefficient (Wildman–Crippen LogP) is 4.40. The molecule has 0 spiro atoms.